The Morgan fingerprint density at radius 3 is 2.75 bits per heavy atom. The summed E-state index contributed by atoms with van der Waals surface area (Å²) in [5, 5.41) is 19.4. The number of ether oxygens (including phenoxy) is 1. The molecule has 4 unspecified atom stereocenters. The maximum atomic E-state index is 11.8. The molecule has 8 nitrogen and oxygen atoms in total. The second-order valence-electron chi connectivity index (χ2n) is 4.91. The lowest BCUT2D eigenvalue weighted by molar-refractivity contribution is -0.0998. The predicted molar refractivity (Wildman–Crippen MR) is 67.8 cm³/mol. The van der Waals surface area contributed by atoms with E-state index in [4.69, 9.17) is 11.3 Å². The van der Waals surface area contributed by atoms with Crippen molar-refractivity contribution in [2.45, 2.75) is 31.9 Å². The van der Waals surface area contributed by atoms with Gasteiger partial charge in [0.25, 0.3) is 5.56 Å². The average Bonchev–Trinajstić information content (AvgIpc) is 2.68. The van der Waals surface area contributed by atoms with Gasteiger partial charge in [-0.1, -0.05) is 6.92 Å². The fraction of sp³-hybridized carbons (Fsp3) is 0.583. The normalized spacial score (nSPS) is 33.0. The molecule has 0 bridgehead atoms. The Hall–Kier alpha value is -1.95. The Kier molecular flexibility index (Phi) is 3.52. The van der Waals surface area contributed by atoms with Crippen molar-refractivity contribution in [2.75, 3.05) is 6.61 Å². The highest BCUT2D eigenvalue weighted by Gasteiger charge is 2.59. The second kappa shape index (κ2) is 4.86. The quantitative estimate of drug-likeness (QED) is 0.601. The van der Waals surface area contributed by atoms with Gasteiger partial charge >= 0.3 is 11.4 Å². The highest BCUT2D eigenvalue weighted by Crippen LogP contribution is 2.41. The lowest BCUT2D eigenvalue weighted by Gasteiger charge is -2.17. The molecule has 2 heterocycles. The Morgan fingerprint density at radius 2 is 2.25 bits per heavy atom. The first-order valence-corrected chi connectivity index (χ1v) is 6.03. The van der Waals surface area contributed by atoms with Gasteiger partial charge in [0.2, 0.25) is 0 Å². The second-order valence-corrected chi connectivity index (χ2v) is 4.91. The van der Waals surface area contributed by atoms with Crippen molar-refractivity contribution >= 4 is 0 Å². The van der Waals surface area contributed by atoms with Crippen molar-refractivity contribution in [3.63, 3.8) is 0 Å². The van der Waals surface area contributed by atoms with E-state index in [0.717, 1.165) is 4.57 Å². The smallest absolute Gasteiger partial charge is 0.385 e. The summed E-state index contributed by atoms with van der Waals surface area (Å²) in [7, 11) is 0. The number of aliphatic hydroxyl groups excluding tert-OH is 2. The molecule has 8 heteroatoms. The number of H-pyrrole nitrogens is 1. The van der Waals surface area contributed by atoms with E-state index in [-0.39, 0.29) is 0 Å². The molecule has 1 aliphatic heterocycles. The number of nitrogens with zero attached hydrogens (tertiary/aromatic N) is 2. The molecular formula is C12H15N3O5. The molecule has 108 valence electrons. The van der Waals surface area contributed by atoms with Gasteiger partial charge in [0.1, 0.15) is 0 Å². The fourth-order valence-corrected chi connectivity index (χ4v) is 2.30. The molecule has 3 N–H and O–H groups in total. The monoisotopic (exact) mass is 281 g/mol. The van der Waals surface area contributed by atoms with Gasteiger partial charge in [-0.05, 0) is 6.92 Å². The minimum Gasteiger partial charge on any atom is -0.385 e. The molecule has 0 amide bonds. The molecule has 2 rings (SSSR count). The third-order valence-electron chi connectivity index (χ3n) is 3.57. The summed E-state index contributed by atoms with van der Waals surface area (Å²) in [5.74, 6) is -0.598. The summed E-state index contributed by atoms with van der Waals surface area (Å²) < 4.78 is 6.54. The molecule has 1 saturated heterocycles. The molecule has 1 aromatic rings. The topological polar surface area (TPSA) is 109 Å². The Bertz CT molecular complexity index is 673. The van der Waals surface area contributed by atoms with Crippen LogP contribution < -0.4 is 11.2 Å². The largest absolute Gasteiger partial charge is 0.387 e. The van der Waals surface area contributed by atoms with E-state index in [9.17, 15) is 19.8 Å². The molecule has 0 radical (unpaired) electrons. The molecule has 0 aromatic carbocycles. The maximum absolute atomic E-state index is 11.8. The number of aliphatic hydroxyl groups is 2. The van der Waals surface area contributed by atoms with E-state index >= 15 is 0 Å². The van der Waals surface area contributed by atoms with E-state index in [1.54, 1.807) is 6.92 Å². The number of aryl methyl sites for hydroxylation is 1. The van der Waals surface area contributed by atoms with E-state index in [2.05, 4.69) is 9.83 Å². The first-order chi connectivity index (χ1) is 9.36. The van der Waals surface area contributed by atoms with Crippen LogP contribution in [0.2, 0.25) is 0 Å². The molecule has 1 aromatic heterocycles. The summed E-state index contributed by atoms with van der Waals surface area (Å²) in [6.45, 7) is 9.53. The highest BCUT2D eigenvalue weighted by molar-refractivity contribution is 5.07. The lowest BCUT2D eigenvalue weighted by Crippen LogP contribution is -2.41. The Labute approximate surface area is 114 Å². The van der Waals surface area contributed by atoms with Crippen LogP contribution >= 0.6 is 0 Å². The Balaban J connectivity index is 2.51. The number of aromatic amines is 1. The molecule has 0 aliphatic carbocycles. The minimum atomic E-state index is -1.78. The van der Waals surface area contributed by atoms with Crippen LogP contribution in [0.5, 0.6) is 0 Å². The van der Waals surface area contributed by atoms with Gasteiger partial charge in [-0.25, -0.2) is 11.4 Å². The van der Waals surface area contributed by atoms with Crippen LogP contribution in [0, 0.1) is 19.4 Å². The molecule has 1 aliphatic rings. The van der Waals surface area contributed by atoms with Gasteiger partial charge in [-0.3, -0.25) is 23.9 Å². The summed E-state index contributed by atoms with van der Waals surface area (Å²) in [5.41, 5.74) is -2.67. The standard InChI is InChI=1S/C12H15N3O5/c1-6-4-15(11(19)14-9(6)18)10-7(2)8(17)12(5-16,13-3)20-10/h4,7-8,10,16-17H,5H2,1-2H3,(H,14,18,19). The van der Waals surface area contributed by atoms with Gasteiger partial charge in [-0.2, -0.15) is 0 Å². The minimum absolute atomic E-state index is 0.305. The molecule has 1 fully saturated rings. The van der Waals surface area contributed by atoms with Crippen LogP contribution in [-0.4, -0.2) is 38.2 Å². The maximum Gasteiger partial charge on any atom is 0.387 e. The van der Waals surface area contributed by atoms with Gasteiger partial charge in [0, 0.05) is 17.7 Å². The van der Waals surface area contributed by atoms with Gasteiger partial charge in [-0.15, -0.1) is 0 Å². The number of hydrogen-bond donors (Lipinski definition) is 3. The highest BCUT2D eigenvalue weighted by atomic mass is 16.6. The van der Waals surface area contributed by atoms with Crippen LogP contribution in [0.15, 0.2) is 15.8 Å². The van der Waals surface area contributed by atoms with E-state index < -0.39 is 41.8 Å². The molecule has 20 heavy (non-hydrogen) atoms. The number of nitrogens with one attached hydrogen (secondary N) is 1. The molecule has 0 spiro atoms. The van der Waals surface area contributed by atoms with Crippen LogP contribution in [0.1, 0.15) is 18.7 Å². The third-order valence-corrected chi connectivity index (χ3v) is 3.57. The van der Waals surface area contributed by atoms with Crippen LogP contribution in [-0.2, 0) is 4.74 Å². The summed E-state index contributed by atoms with van der Waals surface area (Å²) in [6.07, 6.45) is -0.865. The van der Waals surface area contributed by atoms with E-state index in [1.807, 2.05) is 0 Å². The lowest BCUT2D eigenvalue weighted by atomic mass is 9.98. The average molecular weight is 281 g/mol. The van der Waals surface area contributed by atoms with E-state index in [1.165, 1.54) is 13.1 Å². The molecular weight excluding hydrogens is 266 g/mol. The van der Waals surface area contributed by atoms with Crippen molar-refractivity contribution in [2.24, 2.45) is 5.92 Å². The number of rotatable bonds is 2. The fourth-order valence-electron chi connectivity index (χ4n) is 2.30. The number of hydrogen-bond acceptors (Lipinski definition) is 5. The van der Waals surface area contributed by atoms with Gasteiger partial charge in [0.05, 0.1) is 0 Å². The zero-order chi connectivity index (χ0) is 15.1. The van der Waals surface area contributed by atoms with Gasteiger partial charge in [0.15, 0.2) is 18.9 Å². The van der Waals surface area contributed by atoms with Crippen molar-refractivity contribution in [1.29, 1.82) is 0 Å². The van der Waals surface area contributed by atoms with Crippen molar-refractivity contribution in [1.82, 2.24) is 9.55 Å². The number of aromatic nitrogens is 2. The first kappa shape index (κ1) is 14.5. The molecule has 4 atom stereocenters. The van der Waals surface area contributed by atoms with E-state index in [0.29, 0.717) is 5.56 Å². The van der Waals surface area contributed by atoms with Crippen molar-refractivity contribution in [3.05, 3.63) is 44.0 Å². The van der Waals surface area contributed by atoms with Crippen molar-refractivity contribution in [3.8, 4) is 0 Å². The third kappa shape index (κ3) is 1.96. The summed E-state index contributed by atoms with van der Waals surface area (Å²) in [4.78, 5) is 28.5. The molecule has 0 saturated carbocycles. The van der Waals surface area contributed by atoms with Crippen LogP contribution in [0.4, 0.5) is 0 Å². The van der Waals surface area contributed by atoms with Gasteiger partial charge < -0.3 is 10.2 Å². The van der Waals surface area contributed by atoms with Crippen LogP contribution in [0.25, 0.3) is 4.85 Å². The zero-order valence-corrected chi connectivity index (χ0v) is 11.0. The predicted octanol–water partition coefficient (Wildman–Crippen LogP) is -1.02. The van der Waals surface area contributed by atoms with Crippen LogP contribution in [0.3, 0.4) is 0 Å². The summed E-state index contributed by atoms with van der Waals surface area (Å²) in [6, 6.07) is 0. The van der Waals surface area contributed by atoms with Crippen molar-refractivity contribution < 1.29 is 14.9 Å². The Morgan fingerprint density at radius 1 is 1.60 bits per heavy atom. The first-order valence-electron chi connectivity index (χ1n) is 6.03. The SMILES string of the molecule is [C-]#[N+]C1(CO)OC(n2cc(C)c(=O)[nH]c2=O)C(C)C1O. The zero-order valence-electron chi connectivity index (χ0n) is 11.0. The summed E-state index contributed by atoms with van der Waals surface area (Å²) >= 11 is 0.